The van der Waals surface area contributed by atoms with Crippen LogP contribution >= 0.6 is 7.82 Å². The van der Waals surface area contributed by atoms with Crippen molar-refractivity contribution in [2.45, 2.75) is 365 Å². The largest absolute Gasteiger partial charge is 0.471 e. The summed E-state index contributed by atoms with van der Waals surface area (Å²) in [4.78, 5) is 117. The van der Waals surface area contributed by atoms with Crippen molar-refractivity contribution in [2.75, 3.05) is 99.5 Å². The summed E-state index contributed by atoms with van der Waals surface area (Å²) >= 11 is 0. The van der Waals surface area contributed by atoms with Crippen LogP contribution in [0.3, 0.4) is 0 Å². The fourth-order valence-electron chi connectivity index (χ4n) is 15.2. The van der Waals surface area contributed by atoms with Crippen molar-refractivity contribution in [3.05, 3.63) is 0 Å². The predicted octanol–water partition coefficient (Wildman–Crippen LogP) is 8.74. The van der Waals surface area contributed by atoms with E-state index in [2.05, 4.69) is 4.52 Å². The van der Waals surface area contributed by atoms with Crippen LogP contribution < -0.4 is 0 Å². The van der Waals surface area contributed by atoms with E-state index in [1.165, 1.54) is 0 Å². The van der Waals surface area contributed by atoms with E-state index in [1.54, 1.807) is 25.7 Å². The molecular weight excluding hydrogens is 1550 g/mol. The number of hydrogen-bond donors (Lipinski definition) is 10. The molecule has 4 aliphatic heterocycles. The number of aliphatic hydroxyl groups excluding tert-OH is 9. The third-order valence-corrected chi connectivity index (χ3v) is 23.7. The van der Waals surface area contributed by atoms with Gasteiger partial charge in [-0.3, -0.25) is 47.4 Å². The van der Waals surface area contributed by atoms with Gasteiger partial charge in [-0.1, -0.05) is 92.9 Å². The van der Waals surface area contributed by atoms with Crippen molar-refractivity contribution < 1.29 is 145 Å². The summed E-state index contributed by atoms with van der Waals surface area (Å²) in [6, 6.07) is -0.293. The van der Waals surface area contributed by atoms with Gasteiger partial charge in [0.2, 0.25) is 5.91 Å². The fourth-order valence-corrected chi connectivity index (χ4v) is 15.6. The lowest BCUT2D eigenvalue weighted by Crippen LogP contribution is -2.55. The number of amides is 1. The van der Waals surface area contributed by atoms with Crippen molar-refractivity contribution in [3.8, 4) is 0 Å². The molecule has 0 radical (unpaired) electrons. The lowest BCUT2D eigenvalue weighted by atomic mass is 9.83. The molecule has 0 aliphatic carbocycles. The number of ether oxygens (including phenoxy) is 9. The highest BCUT2D eigenvalue weighted by atomic mass is 31.2. The van der Waals surface area contributed by atoms with Crippen LogP contribution in [0.4, 0.5) is 0 Å². The van der Waals surface area contributed by atoms with Gasteiger partial charge in [-0.05, 0) is 102 Å². The molecule has 4 aliphatic rings. The number of likely N-dealkylation sites (tertiary alicyclic amines) is 1. The lowest BCUT2D eigenvalue weighted by Gasteiger charge is -2.40. The Kier molecular flexibility index (Phi) is 56.9. The molecule has 0 spiro atoms. The van der Waals surface area contributed by atoms with E-state index >= 15 is 0 Å². The number of Topliss-reactive ketones (excluding diaryl/α,β-unsaturated/α-hetero) is 7. The maximum Gasteiger partial charge on any atom is 0.471 e. The minimum Gasteiger partial charge on any atom is -0.394 e. The van der Waals surface area contributed by atoms with E-state index in [4.69, 9.17) is 47.2 Å². The van der Waals surface area contributed by atoms with Crippen LogP contribution in [0.15, 0.2) is 0 Å². The second-order valence-corrected chi connectivity index (χ2v) is 34.6. The third-order valence-electron chi connectivity index (χ3n) is 22.8. The normalized spacial score (nSPS) is 26.5. The number of nitrogens with zero attached hydrogens (tertiary/aromatic N) is 1. The zero-order chi connectivity index (χ0) is 85.3. The topological polar surface area (TPSA) is 461 Å². The first-order valence-electron chi connectivity index (χ1n) is 43.5. The number of aliphatic hydroxyl groups is 9. The number of carbonyl (C=O) groups is 8. The molecule has 17 unspecified atom stereocenters. The molecule has 4 rings (SSSR count). The molecule has 0 saturated carbocycles. The number of hydrogen-bond acceptors (Lipinski definition) is 29. The molecule has 0 bridgehead atoms. The molecule has 117 heavy (non-hydrogen) atoms. The Bertz CT molecular complexity index is 2590. The molecule has 0 aromatic rings. The van der Waals surface area contributed by atoms with E-state index in [0.717, 1.165) is 45.6 Å². The maximum absolute atomic E-state index is 14.2. The number of carbonyl (C=O) groups excluding carboxylic acids is 8. The maximum atomic E-state index is 14.2. The Balaban J connectivity index is 0.0000354. The van der Waals surface area contributed by atoms with Gasteiger partial charge in [-0.25, -0.2) is 4.57 Å². The Labute approximate surface area is 695 Å². The summed E-state index contributed by atoms with van der Waals surface area (Å²) in [5.74, 6) is -1.13. The minimum absolute atomic E-state index is 0. The van der Waals surface area contributed by atoms with E-state index in [1.807, 2.05) is 6.92 Å². The van der Waals surface area contributed by atoms with Gasteiger partial charge in [-0.15, -0.1) is 0 Å². The van der Waals surface area contributed by atoms with Gasteiger partial charge in [0, 0.05) is 153 Å². The summed E-state index contributed by atoms with van der Waals surface area (Å²) in [6.45, 7) is 7.07. The van der Waals surface area contributed by atoms with E-state index < -0.39 is 125 Å². The van der Waals surface area contributed by atoms with Crippen LogP contribution in [-0.4, -0.2) is 282 Å². The number of ketones is 7. The Morgan fingerprint density at radius 3 is 0.966 bits per heavy atom. The standard InChI is InChI=1S/C84H148NO30P.CH4/c1-59-49-63(55-112-116(103,104)105-5)85(51-59)74(96)39-22-11-9-7-6-8-10-15-38-70(95)50-84(56-106-46-40-67(92)32-19-12-16-29-64(89)35-23-26-43-109-81-60(2)75(97)78(100)71(52-86)113-81,57-107-47-41-68(93)33-20-13-17-30-65(90)36-24-27-44-110-82-61(3)76(98)79(101)72(53-87)114-82)58-108-48-42-69(94)34-21-14-18-31-66(91)37-25-28-45-111-83-62(4)77(99)80(102)73(54-88)115-83;/h59-63,71-73,75-83,86-88,97-102H,6-58H2,1-5H3,(H,103,104);1H4/t59?,60?,61?,62?,63-,71?,72?,73?,75?,76?,77?,78?,79?,80?,81?,82?,83?,84?;/m0./s1. The van der Waals surface area contributed by atoms with Gasteiger partial charge in [0.05, 0.1) is 90.4 Å². The van der Waals surface area contributed by atoms with Crippen LogP contribution in [-0.2, 0) is 94.6 Å². The second-order valence-electron chi connectivity index (χ2n) is 33.0. The van der Waals surface area contributed by atoms with Crippen LogP contribution in [0.5, 0.6) is 0 Å². The Hall–Kier alpha value is -3.45. The van der Waals surface area contributed by atoms with Gasteiger partial charge in [-0.2, -0.15) is 0 Å². The molecule has 10 N–H and O–H groups in total. The average molecular weight is 1700 g/mol. The minimum atomic E-state index is -4.17. The molecule has 0 aromatic heterocycles. The first kappa shape index (κ1) is 108. The van der Waals surface area contributed by atoms with Gasteiger partial charge in [0.15, 0.2) is 18.9 Å². The molecule has 18 atom stereocenters. The van der Waals surface area contributed by atoms with E-state index in [9.17, 15) is 93.8 Å². The SMILES string of the molecule is C.COP(=O)(O)OC[C@@H]1CC(C)CN1C(=O)CCCCCCCCCCC(=O)CC(COCCC(=O)CCCCCC(=O)CCCCOC1OC(CO)C(O)C(O)C1C)(COCCC(=O)CCCCCC(=O)CCCCOC1OC(CO)C(O)C(O)C1C)COCCC(=O)CCCCCC(=O)CCCCOC1OC(CO)C(O)C(O)C1C. The van der Waals surface area contributed by atoms with Crippen LogP contribution in [0, 0.1) is 29.1 Å². The quantitative estimate of drug-likeness (QED) is 0.0201. The Morgan fingerprint density at radius 2 is 0.658 bits per heavy atom. The number of rotatable bonds is 71. The molecular formula is C85H152NO30P. The van der Waals surface area contributed by atoms with Gasteiger partial charge in [0.1, 0.15) is 77.1 Å². The monoisotopic (exact) mass is 1700 g/mol. The molecule has 0 aromatic carbocycles. The zero-order valence-electron chi connectivity index (χ0n) is 70.3. The van der Waals surface area contributed by atoms with Crippen molar-refractivity contribution in [3.63, 3.8) is 0 Å². The predicted molar refractivity (Wildman–Crippen MR) is 433 cm³/mol. The number of unbranched alkanes of at least 4 members (excludes halogenated alkanes) is 16. The molecule has 31 nitrogen and oxygen atoms in total. The van der Waals surface area contributed by atoms with Crippen molar-refractivity contribution in [1.29, 1.82) is 0 Å². The summed E-state index contributed by atoms with van der Waals surface area (Å²) in [6.07, 6.45) is 8.27. The summed E-state index contributed by atoms with van der Waals surface area (Å²) < 4.78 is 74.6. The average Bonchev–Trinajstić information content (AvgIpc) is 1.81. The smallest absolute Gasteiger partial charge is 0.394 e. The first-order valence-corrected chi connectivity index (χ1v) is 45.0. The molecule has 4 heterocycles. The highest BCUT2D eigenvalue weighted by Gasteiger charge is 2.45. The third kappa shape index (κ3) is 43.6. The lowest BCUT2D eigenvalue weighted by molar-refractivity contribution is -0.282. The second kappa shape index (κ2) is 61.8. The van der Waals surface area contributed by atoms with Crippen molar-refractivity contribution in [2.24, 2.45) is 29.1 Å². The molecule has 682 valence electrons. The van der Waals surface area contributed by atoms with Gasteiger partial charge < -0.3 is 98.4 Å². The highest BCUT2D eigenvalue weighted by molar-refractivity contribution is 7.47. The van der Waals surface area contributed by atoms with Gasteiger partial charge in [0.25, 0.3) is 0 Å². The highest BCUT2D eigenvalue weighted by Crippen LogP contribution is 2.43. The van der Waals surface area contributed by atoms with E-state index in [-0.39, 0.29) is 183 Å². The summed E-state index contributed by atoms with van der Waals surface area (Å²) in [7, 11) is -3.07. The van der Waals surface area contributed by atoms with E-state index in [0.29, 0.717) is 167 Å². The summed E-state index contributed by atoms with van der Waals surface area (Å²) in [5.41, 5.74) is -1.07. The Morgan fingerprint density at radius 1 is 0.385 bits per heavy atom. The zero-order valence-corrected chi connectivity index (χ0v) is 71.2. The van der Waals surface area contributed by atoms with Crippen LogP contribution in [0.25, 0.3) is 0 Å². The molecule has 1 amide bonds. The first-order chi connectivity index (χ1) is 55.6. The number of phosphoric acid groups is 1. The molecule has 4 fully saturated rings. The van der Waals surface area contributed by atoms with Crippen LogP contribution in [0.2, 0.25) is 0 Å². The molecule has 4 saturated heterocycles. The van der Waals surface area contributed by atoms with Crippen molar-refractivity contribution >= 4 is 54.2 Å². The number of phosphoric ester groups is 1. The molecule has 32 heteroatoms. The van der Waals surface area contributed by atoms with Crippen LogP contribution in [0.1, 0.15) is 286 Å². The van der Waals surface area contributed by atoms with Crippen molar-refractivity contribution in [1.82, 2.24) is 4.90 Å². The fraction of sp³-hybridized carbons (Fsp3) is 0.906. The summed E-state index contributed by atoms with van der Waals surface area (Å²) in [5, 5.41) is 89.8. The van der Waals surface area contributed by atoms with Gasteiger partial charge >= 0.3 is 7.82 Å².